The first-order valence-electron chi connectivity index (χ1n) is 7.30. The van der Waals surface area contributed by atoms with Crippen molar-refractivity contribution >= 4 is 11.6 Å². The molecule has 0 radical (unpaired) electrons. The molecular formula is C16H26N2O2. The summed E-state index contributed by atoms with van der Waals surface area (Å²) in [7, 11) is 0. The molecule has 0 saturated carbocycles. The maximum atomic E-state index is 11.8. The second-order valence-corrected chi connectivity index (χ2v) is 5.29. The van der Waals surface area contributed by atoms with Crippen LogP contribution in [0.1, 0.15) is 45.1 Å². The number of anilines is 1. The van der Waals surface area contributed by atoms with Gasteiger partial charge < -0.3 is 15.8 Å². The smallest absolute Gasteiger partial charge is 0.224 e. The molecule has 0 atom stereocenters. The number of nitrogens with one attached hydrogen (secondary N) is 1. The maximum absolute atomic E-state index is 11.8. The highest BCUT2D eigenvalue weighted by Gasteiger charge is 2.06. The van der Waals surface area contributed by atoms with Crippen LogP contribution >= 0.6 is 0 Å². The predicted octanol–water partition coefficient (Wildman–Crippen LogP) is 3.24. The number of ether oxygens (including phenoxy) is 1. The summed E-state index contributed by atoms with van der Waals surface area (Å²) in [5, 5.41) is 2.94. The van der Waals surface area contributed by atoms with Gasteiger partial charge in [0.15, 0.2) is 0 Å². The molecule has 3 N–H and O–H groups in total. The molecule has 0 aliphatic carbocycles. The number of rotatable bonds is 8. The first-order valence-corrected chi connectivity index (χ1v) is 7.30. The molecule has 1 aromatic carbocycles. The van der Waals surface area contributed by atoms with Crippen LogP contribution in [0.2, 0.25) is 0 Å². The number of hydrogen-bond donors (Lipinski definition) is 2. The lowest BCUT2D eigenvalue weighted by Crippen LogP contribution is -2.12. The van der Waals surface area contributed by atoms with Crippen LogP contribution in [0.4, 0.5) is 5.69 Å². The van der Waals surface area contributed by atoms with E-state index in [1.807, 2.05) is 39.0 Å². The van der Waals surface area contributed by atoms with Crippen LogP contribution in [0.3, 0.4) is 0 Å². The maximum Gasteiger partial charge on any atom is 0.224 e. The predicted molar refractivity (Wildman–Crippen MR) is 83.1 cm³/mol. The van der Waals surface area contributed by atoms with Crippen LogP contribution in [0.5, 0.6) is 5.75 Å². The van der Waals surface area contributed by atoms with E-state index in [1.165, 1.54) is 0 Å². The number of benzene rings is 1. The minimum atomic E-state index is 0.0580. The Bertz CT molecular complexity index is 430. The Labute approximate surface area is 121 Å². The van der Waals surface area contributed by atoms with Crippen molar-refractivity contribution in [2.45, 2.75) is 52.6 Å². The first kappa shape index (κ1) is 16.5. The molecule has 0 fully saturated rings. The average molecular weight is 278 g/mol. The van der Waals surface area contributed by atoms with Gasteiger partial charge >= 0.3 is 0 Å². The normalized spacial score (nSPS) is 10.7. The summed E-state index contributed by atoms with van der Waals surface area (Å²) in [5.74, 6) is 0.890. The van der Waals surface area contributed by atoms with Crippen LogP contribution in [-0.4, -0.2) is 18.6 Å². The van der Waals surface area contributed by atoms with Gasteiger partial charge in [-0.3, -0.25) is 4.79 Å². The number of amides is 1. The topological polar surface area (TPSA) is 64.3 Å². The Hall–Kier alpha value is -1.55. The molecule has 1 aromatic rings. The highest BCUT2D eigenvalue weighted by molar-refractivity contribution is 5.91. The molecule has 0 aromatic heterocycles. The Balaban J connectivity index is 2.49. The minimum absolute atomic E-state index is 0.0580. The molecular weight excluding hydrogens is 252 g/mol. The quantitative estimate of drug-likeness (QED) is 0.717. The summed E-state index contributed by atoms with van der Waals surface area (Å²) in [5.41, 5.74) is 7.29. The number of carbonyl (C=O) groups is 1. The van der Waals surface area contributed by atoms with Gasteiger partial charge in [-0.2, -0.15) is 0 Å². The van der Waals surface area contributed by atoms with Crippen LogP contribution in [0.25, 0.3) is 0 Å². The molecule has 4 heteroatoms. The van der Waals surface area contributed by atoms with Crippen LogP contribution in [-0.2, 0) is 4.79 Å². The molecule has 0 saturated heterocycles. The van der Waals surface area contributed by atoms with E-state index < -0.39 is 0 Å². The second-order valence-electron chi connectivity index (χ2n) is 5.29. The Morgan fingerprint density at radius 3 is 2.65 bits per heavy atom. The second kappa shape index (κ2) is 8.59. The molecule has 1 rings (SSSR count). The standard InChI is InChI=1S/C16H26N2O2/c1-12(2)20-14-8-9-15(13(3)11-14)18-16(19)7-5-4-6-10-17/h8-9,11-12H,4-7,10,17H2,1-3H3,(H,18,19). The van der Waals surface area contributed by atoms with E-state index >= 15 is 0 Å². The van der Waals surface area contributed by atoms with Crippen molar-refractivity contribution in [1.29, 1.82) is 0 Å². The number of nitrogens with two attached hydrogens (primary N) is 1. The van der Waals surface area contributed by atoms with Gasteiger partial charge in [-0.1, -0.05) is 6.42 Å². The van der Waals surface area contributed by atoms with Crippen molar-refractivity contribution in [2.24, 2.45) is 5.73 Å². The Kier molecular flexibility index (Phi) is 7.09. The number of unbranched alkanes of at least 4 members (excludes halogenated alkanes) is 2. The monoisotopic (exact) mass is 278 g/mol. The van der Waals surface area contributed by atoms with Crippen LogP contribution in [0, 0.1) is 6.92 Å². The zero-order chi connectivity index (χ0) is 15.0. The third-order valence-corrected chi connectivity index (χ3v) is 2.95. The summed E-state index contributed by atoms with van der Waals surface area (Å²) < 4.78 is 5.62. The molecule has 1 amide bonds. The van der Waals surface area contributed by atoms with E-state index in [4.69, 9.17) is 10.5 Å². The van der Waals surface area contributed by atoms with Crippen LogP contribution in [0.15, 0.2) is 18.2 Å². The van der Waals surface area contributed by atoms with Crippen molar-refractivity contribution in [2.75, 3.05) is 11.9 Å². The van der Waals surface area contributed by atoms with Gasteiger partial charge in [0, 0.05) is 12.1 Å². The number of hydrogen-bond acceptors (Lipinski definition) is 3. The van der Waals surface area contributed by atoms with Crippen molar-refractivity contribution in [3.63, 3.8) is 0 Å². The highest BCUT2D eigenvalue weighted by atomic mass is 16.5. The molecule has 20 heavy (non-hydrogen) atoms. The van der Waals surface area contributed by atoms with Gasteiger partial charge in [0.1, 0.15) is 5.75 Å². The molecule has 0 aliphatic heterocycles. The van der Waals surface area contributed by atoms with E-state index in [0.29, 0.717) is 13.0 Å². The first-order chi connectivity index (χ1) is 9.52. The fourth-order valence-electron chi connectivity index (χ4n) is 1.94. The molecule has 0 spiro atoms. The lowest BCUT2D eigenvalue weighted by molar-refractivity contribution is -0.116. The zero-order valence-electron chi connectivity index (χ0n) is 12.7. The van der Waals surface area contributed by atoms with Gasteiger partial charge in [0.2, 0.25) is 5.91 Å². The van der Waals surface area contributed by atoms with Crippen molar-refractivity contribution in [3.05, 3.63) is 23.8 Å². The van der Waals surface area contributed by atoms with E-state index in [-0.39, 0.29) is 12.0 Å². The van der Waals surface area contributed by atoms with Crippen molar-refractivity contribution in [1.82, 2.24) is 0 Å². The van der Waals surface area contributed by atoms with E-state index in [2.05, 4.69) is 5.32 Å². The van der Waals surface area contributed by atoms with Gasteiger partial charge in [0.05, 0.1) is 6.10 Å². The zero-order valence-corrected chi connectivity index (χ0v) is 12.7. The fraction of sp³-hybridized carbons (Fsp3) is 0.562. The van der Waals surface area contributed by atoms with Crippen LogP contribution < -0.4 is 15.8 Å². The van der Waals surface area contributed by atoms with Crippen molar-refractivity contribution < 1.29 is 9.53 Å². The third kappa shape index (κ3) is 6.06. The average Bonchev–Trinajstić information content (AvgIpc) is 2.37. The molecule has 0 unspecified atom stereocenters. The highest BCUT2D eigenvalue weighted by Crippen LogP contribution is 2.22. The SMILES string of the molecule is Cc1cc(OC(C)C)ccc1NC(=O)CCCCCN. The number of carbonyl (C=O) groups excluding carboxylic acids is 1. The molecule has 4 nitrogen and oxygen atoms in total. The minimum Gasteiger partial charge on any atom is -0.491 e. The van der Waals surface area contributed by atoms with Gasteiger partial charge in [0.25, 0.3) is 0 Å². The number of aryl methyl sites for hydroxylation is 1. The van der Waals surface area contributed by atoms with E-state index in [9.17, 15) is 4.79 Å². The summed E-state index contributed by atoms with van der Waals surface area (Å²) in [6, 6.07) is 5.73. The fourth-order valence-corrected chi connectivity index (χ4v) is 1.94. The molecule has 0 heterocycles. The molecule has 112 valence electrons. The summed E-state index contributed by atoms with van der Waals surface area (Å²) >= 11 is 0. The third-order valence-electron chi connectivity index (χ3n) is 2.95. The summed E-state index contributed by atoms with van der Waals surface area (Å²) in [6.07, 6.45) is 3.56. The van der Waals surface area contributed by atoms with Gasteiger partial charge in [-0.25, -0.2) is 0 Å². The largest absolute Gasteiger partial charge is 0.491 e. The Morgan fingerprint density at radius 2 is 2.05 bits per heavy atom. The van der Waals surface area contributed by atoms with Gasteiger partial charge in [-0.05, 0) is 63.9 Å². The van der Waals surface area contributed by atoms with E-state index in [1.54, 1.807) is 0 Å². The van der Waals surface area contributed by atoms with E-state index in [0.717, 1.165) is 36.3 Å². The molecule has 0 aliphatic rings. The van der Waals surface area contributed by atoms with Crippen molar-refractivity contribution in [3.8, 4) is 5.75 Å². The van der Waals surface area contributed by atoms with Gasteiger partial charge in [-0.15, -0.1) is 0 Å². The summed E-state index contributed by atoms with van der Waals surface area (Å²) in [4.78, 5) is 11.8. The summed E-state index contributed by atoms with van der Waals surface area (Å²) in [6.45, 7) is 6.65. The lowest BCUT2D eigenvalue weighted by atomic mass is 10.1. The lowest BCUT2D eigenvalue weighted by Gasteiger charge is -2.13. The Morgan fingerprint density at radius 1 is 1.30 bits per heavy atom. The molecule has 0 bridgehead atoms.